The lowest BCUT2D eigenvalue weighted by Gasteiger charge is -2.28. The lowest BCUT2D eigenvalue weighted by atomic mass is 9.83. The van der Waals surface area contributed by atoms with Gasteiger partial charge in [-0.2, -0.15) is 0 Å². The number of hydrogen-bond donors (Lipinski definition) is 1. The minimum atomic E-state index is 0.757. The quantitative estimate of drug-likeness (QED) is 0.891. The second-order valence-electron chi connectivity index (χ2n) is 4.43. The fourth-order valence-corrected chi connectivity index (χ4v) is 4.08. The Morgan fingerprint density at radius 1 is 1.47 bits per heavy atom. The SMILES string of the molecule is CNC1CCCC(Cc2ccc(Br)s2)C1. The van der Waals surface area contributed by atoms with Gasteiger partial charge in [0.2, 0.25) is 0 Å². The number of rotatable bonds is 3. The van der Waals surface area contributed by atoms with Gasteiger partial charge >= 0.3 is 0 Å². The second kappa shape index (κ2) is 5.46. The molecule has 0 amide bonds. The molecule has 1 aromatic rings. The summed E-state index contributed by atoms with van der Waals surface area (Å²) in [5.41, 5.74) is 0. The average molecular weight is 288 g/mol. The van der Waals surface area contributed by atoms with Crippen LogP contribution in [0, 0.1) is 5.92 Å². The molecule has 2 unspecified atom stereocenters. The molecule has 3 heteroatoms. The minimum absolute atomic E-state index is 0.757. The largest absolute Gasteiger partial charge is 0.317 e. The van der Waals surface area contributed by atoms with Gasteiger partial charge in [0, 0.05) is 10.9 Å². The van der Waals surface area contributed by atoms with E-state index in [4.69, 9.17) is 0 Å². The van der Waals surface area contributed by atoms with Crippen molar-refractivity contribution in [2.24, 2.45) is 5.92 Å². The number of thiophene rings is 1. The maximum absolute atomic E-state index is 3.53. The van der Waals surface area contributed by atoms with Crippen molar-refractivity contribution >= 4 is 27.3 Å². The summed E-state index contributed by atoms with van der Waals surface area (Å²) in [6, 6.07) is 5.18. The van der Waals surface area contributed by atoms with Gasteiger partial charge in [-0.15, -0.1) is 11.3 Å². The van der Waals surface area contributed by atoms with E-state index in [9.17, 15) is 0 Å². The van der Waals surface area contributed by atoms with Gasteiger partial charge in [-0.1, -0.05) is 6.42 Å². The Hall–Kier alpha value is 0.140. The number of hydrogen-bond acceptors (Lipinski definition) is 2. The molecule has 2 atom stereocenters. The van der Waals surface area contributed by atoms with Gasteiger partial charge in [0.05, 0.1) is 3.79 Å². The van der Waals surface area contributed by atoms with Gasteiger partial charge in [0.25, 0.3) is 0 Å². The zero-order valence-electron chi connectivity index (χ0n) is 9.13. The number of halogens is 1. The van der Waals surface area contributed by atoms with Crippen LogP contribution in [0.5, 0.6) is 0 Å². The average Bonchev–Trinajstić information content (AvgIpc) is 2.64. The third-order valence-electron chi connectivity index (χ3n) is 3.31. The van der Waals surface area contributed by atoms with E-state index in [2.05, 4.69) is 40.4 Å². The van der Waals surface area contributed by atoms with Crippen LogP contribution in [0.3, 0.4) is 0 Å². The summed E-state index contributed by atoms with van der Waals surface area (Å²) in [6.45, 7) is 0. The van der Waals surface area contributed by atoms with E-state index in [1.54, 1.807) is 0 Å². The summed E-state index contributed by atoms with van der Waals surface area (Å²) in [7, 11) is 2.09. The molecule has 1 aliphatic carbocycles. The maximum atomic E-state index is 3.53. The molecule has 84 valence electrons. The molecule has 1 nitrogen and oxygen atoms in total. The predicted octanol–water partition coefficient (Wildman–Crippen LogP) is 3.83. The molecule has 2 rings (SSSR count). The van der Waals surface area contributed by atoms with Crippen molar-refractivity contribution in [3.63, 3.8) is 0 Å². The minimum Gasteiger partial charge on any atom is -0.317 e. The highest BCUT2D eigenvalue weighted by atomic mass is 79.9. The Balaban J connectivity index is 1.88. The van der Waals surface area contributed by atoms with Crippen molar-refractivity contribution in [3.05, 3.63) is 20.8 Å². The molecule has 1 fully saturated rings. The van der Waals surface area contributed by atoms with Gasteiger partial charge in [0.1, 0.15) is 0 Å². The highest BCUT2D eigenvalue weighted by Crippen LogP contribution is 2.30. The summed E-state index contributed by atoms with van der Waals surface area (Å²) in [6.07, 6.45) is 6.79. The maximum Gasteiger partial charge on any atom is 0.0701 e. The van der Waals surface area contributed by atoms with Crippen LogP contribution in [0.2, 0.25) is 0 Å². The van der Waals surface area contributed by atoms with E-state index in [-0.39, 0.29) is 0 Å². The zero-order valence-corrected chi connectivity index (χ0v) is 11.5. The van der Waals surface area contributed by atoms with E-state index in [0.29, 0.717) is 0 Å². The van der Waals surface area contributed by atoms with E-state index >= 15 is 0 Å². The predicted molar refractivity (Wildman–Crippen MR) is 70.5 cm³/mol. The van der Waals surface area contributed by atoms with E-state index in [1.165, 1.54) is 40.8 Å². The molecule has 1 N–H and O–H groups in total. The smallest absolute Gasteiger partial charge is 0.0701 e. The lowest BCUT2D eigenvalue weighted by molar-refractivity contribution is 0.295. The Morgan fingerprint density at radius 3 is 3.00 bits per heavy atom. The summed E-state index contributed by atoms with van der Waals surface area (Å²) in [4.78, 5) is 1.53. The second-order valence-corrected chi connectivity index (χ2v) is 6.98. The van der Waals surface area contributed by atoms with Crippen LogP contribution in [0.1, 0.15) is 30.6 Å². The summed E-state index contributed by atoms with van der Waals surface area (Å²) in [5, 5.41) is 3.42. The van der Waals surface area contributed by atoms with E-state index < -0.39 is 0 Å². The lowest BCUT2D eigenvalue weighted by Crippen LogP contribution is -2.31. The Labute approximate surface area is 104 Å². The first-order valence-corrected chi connectivity index (χ1v) is 7.30. The first-order chi connectivity index (χ1) is 7.28. The molecular weight excluding hydrogens is 270 g/mol. The van der Waals surface area contributed by atoms with Crippen LogP contribution in [0.25, 0.3) is 0 Å². The standard InChI is InChI=1S/C12H18BrNS/c1-14-10-4-2-3-9(7-10)8-11-5-6-12(13)15-11/h5-6,9-10,14H,2-4,7-8H2,1H3. The summed E-state index contributed by atoms with van der Waals surface area (Å²) < 4.78 is 1.26. The molecule has 1 aromatic heterocycles. The molecule has 0 spiro atoms. The molecule has 0 saturated heterocycles. The monoisotopic (exact) mass is 287 g/mol. The molecule has 0 bridgehead atoms. The van der Waals surface area contributed by atoms with E-state index in [1.807, 2.05) is 11.3 Å². The summed E-state index contributed by atoms with van der Waals surface area (Å²) in [5.74, 6) is 0.891. The molecule has 1 heterocycles. The van der Waals surface area contributed by atoms with Crippen LogP contribution in [-0.4, -0.2) is 13.1 Å². The summed E-state index contributed by atoms with van der Waals surface area (Å²) >= 11 is 5.42. The van der Waals surface area contributed by atoms with Crippen LogP contribution in [-0.2, 0) is 6.42 Å². The van der Waals surface area contributed by atoms with Gasteiger partial charge < -0.3 is 5.32 Å². The normalized spacial score (nSPS) is 26.8. The molecule has 1 saturated carbocycles. The van der Waals surface area contributed by atoms with Crippen molar-refractivity contribution in [2.45, 2.75) is 38.1 Å². The van der Waals surface area contributed by atoms with Crippen molar-refractivity contribution < 1.29 is 0 Å². The van der Waals surface area contributed by atoms with Crippen LogP contribution in [0.4, 0.5) is 0 Å². The fraction of sp³-hybridized carbons (Fsp3) is 0.667. The Bertz CT molecular complexity index is 310. The molecule has 0 radical (unpaired) electrons. The van der Waals surface area contributed by atoms with Crippen LogP contribution < -0.4 is 5.32 Å². The van der Waals surface area contributed by atoms with Gasteiger partial charge in [0.15, 0.2) is 0 Å². The molecule has 15 heavy (non-hydrogen) atoms. The van der Waals surface area contributed by atoms with Crippen molar-refractivity contribution in [3.8, 4) is 0 Å². The van der Waals surface area contributed by atoms with Gasteiger partial charge in [-0.3, -0.25) is 0 Å². The van der Waals surface area contributed by atoms with Gasteiger partial charge in [-0.05, 0) is 66.7 Å². The molecule has 0 aromatic carbocycles. The Morgan fingerprint density at radius 2 is 2.33 bits per heavy atom. The fourth-order valence-electron chi connectivity index (χ4n) is 2.48. The number of nitrogens with one attached hydrogen (secondary N) is 1. The topological polar surface area (TPSA) is 12.0 Å². The van der Waals surface area contributed by atoms with Crippen molar-refractivity contribution in [1.29, 1.82) is 0 Å². The zero-order chi connectivity index (χ0) is 10.7. The molecule has 0 aliphatic heterocycles. The van der Waals surface area contributed by atoms with Crippen molar-refractivity contribution in [2.75, 3.05) is 7.05 Å². The molecular formula is C12H18BrNS. The first-order valence-electron chi connectivity index (χ1n) is 5.69. The van der Waals surface area contributed by atoms with E-state index in [0.717, 1.165) is 12.0 Å². The van der Waals surface area contributed by atoms with Crippen LogP contribution >= 0.6 is 27.3 Å². The molecule has 1 aliphatic rings. The van der Waals surface area contributed by atoms with Crippen molar-refractivity contribution in [1.82, 2.24) is 5.32 Å². The third kappa shape index (κ3) is 3.30. The van der Waals surface area contributed by atoms with Gasteiger partial charge in [-0.25, -0.2) is 0 Å². The first kappa shape index (κ1) is 11.6. The highest BCUT2D eigenvalue weighted by molar-refractivity contribution is 9.11. The van der Waals surface area contributed by atoms with Crippen LogP contribution in [0.15, 0.2) is 15.9 Å². The third-order valence-corrected chi connectivity index (χ3v) is 4.96. The highest BCUT2D eigenvalue weighted by Gasteiger charge is 2.21. The Kier molecular flexibility index (Phi) is 4.23.